The molecule has 3 aromatic carbocycles. The first kappa shape index (κ1) is 21.3. The van der Waals surface area contributed by atoms with Crippen LogP contribution < -0.4 is 0 Å². The molecule has 2 heteroatoms. The number of quaternary nitrogens is 1. The zero-order valence-corrected chi connectivity index (χ0v) is 18.1. The molecule has 0 bridgehead atoms. The van der Waals surface area contributed by atoms with Gasteiger partial charge in [-0.1, -0.05) is 91.0 Å². The van der Waals surface area contributed by atoms with Crippen LogP contribution in [0.4, 0.5) is 0 Å². The average molecular weight is 389 g/mol. The quantitative estimate of drug-likeness (QED) is 0.312. The van der Waals surface area contributed by atoms with Crippen LogP contribution in [0.15, 0.2) is 91.0 Å². The summed E-state index contributed by atoms with van der Waals surface area (Å²) < 4.78 is 8.01. The second kappa shape index (κ2) is 9.87. The van der Waals surface area contributed by atoms with E-state index in [1.165, 1.54) is 16.7 Å². The smallest absolute Gasteiger partial charge is 0.144 e. The standard InChI is InChI=1S/C27H34NO/c1-4-28(5-2,6-3)22-23-29-27(24-16-10-7-11-17-24,25-18-12-8-13-19-25)26-20-14-9-15-21-26/h7-21H,4-6,22-23H2,1-3H3/q+1. The minimum absolute atomic E-state index is 0.616. The van der Waals surface area contributed by atoms with Crippen molar-refractivity contribution in [2.75, 3.05) is 32.8 Å². The number of nitrogens with zero attached hydrogens (tertiary/aromatic N) is 1. The van der Waals surface area contributed by atoms with Crippen LogP contribution in [0.2, 0.25) is 0 Å². The molecule has 0 aliphatic heterocycles. The van der Waals surface area contributed by atoms with Gasteiger partial charge in [-0.3, -0.25) is 0 Å². The lowest BCUT2D eigenvalue weighted by Crippen LogP contribution is -2.50. The summed E-state index contributed by atoms with van der Waals surface area (Å²) in [6.45, 7) is 12.0. The summed E-state index contributed by atoms with van der Waals surface area (Å²) >= 11 is 0. The van der Waals surface area contributed by atoms with Crippen molar-refractivity contribution < 1.29 is 9.22 Å². The summed E-state index contributed by atoms with van der Waals surface area (Å²) in [4.78, 5) is 0. The number of hydrogen-bond acceptors (Lipinski definition) is 1. The maximum Gasteiger partial charge on any atom is 0.144 e. The van der Waals surface area contributed by atoms with Gasteiger partial charge in [0, 0.05) is 0 Å². The largest absolute Gasteiger partial charge is 0.355 e. The highest BCUT2D eigenvalue weighted by molar-refractivity contribution is 5.47. The van der Waals surface area contributed by atoms with Crippen molar-refractivity contribution >= 4 is 0 Å². The highest BCUT2D eigenvalue weighted by Crippen LogP contribution is 2.40. The molecule has 0 spiro atoms. The van der Waals surface area contributed by atoms with Crippen molar-refractivity contribution in [2.24, 2.45) is 0 Å². The van der Waals surface area contributed by atoms with E-state index in [4.69, 9.17) is 4.74 Å². The monoisotopic (exact) mass is 388 g/mol. The topological polar surface area (TPSA) is 9.23 Å². The van der Waals surface area contributed by atoms with Crippen molar-refractivity contribution in [3.8, 4) is 0 Å². The lowest BCUT2D eigenvalue weighted by molar-refractivity contribution is -0.923. The number of ether oxygens (including phenoxy) is 1. The third kappa shape index (κ3) is 4.44. The minimum Gasteiger partial charge on any atom is -0.355 e. The Hall–Kier alpha value is -2.42. The van der Waals surface area contributed by atoms with Crippen LogP contribution in [0, 0.1) is 0 Å². The van der Waals surface area contributed by atoms with Crippen molar-refractivity contribution in [3.63, 3.8) is 0 Å². The predicted octanol–water partition coefficient (Wildman–Crippen LogP) is 5.87. The van der Waals surface area contributed by atoms with E-state index in [-0.39, 0.29) is 0 Å². The second-order valence-corrected chi connectivity index (χ2v) is 7.64. The summed E-state index contributed by atoms with van der Waals surface area (Å²) in [6, 6.07) is 31.9. The Labute approximate surface area is 176 Å². The summed E-state index contributed by atoms with van der Waals surface area (Å²) in [5.41, 5.74) is 2.88. The van der Waals surface area contributed by atoms with Gasteiger partial charge in [-0.25, -0.2) is 0 Å². The zero-order chi connectivity index (χ0) is 20.6. The van der Waals surface area contributed by atoms with Crippen LogP contribution >= 0.6 is 0 Å². The molecule has 0 aliphatic carbocycles. The molecule has 0 heterocycles. The van der Waals surface area contributed by atoms with Crippen LogP contribution in [0.3, 0.4) is 0 Å². The Morgan fingerprint density at radius 2 is 0.931 bits per heavy atom. The van der Waals surface area contributed by atoms with Crippen LogP contribution in [0.1, 0.15) is 37.5 Å². The molecule has 0 fully saturated rings. The molecule has 0 saturated carbocycles. The Morgan fingerprint density at radius 1 is 0.586 bits per heavy atom. The van der Waals surface area contributed by atoms with E-state index < -0.39 is 5.60 Å². The first-order chi connectivity index (χ1) is 14.2. The van der Waals surface area contributed by atoms with E-state index in [1.54, 1.807) is 0 Å². The molecule has 0 unspecified atom stereocenters. The average Bonchev–Trinajstić information content (AvgIpc) is 2.82. The summed E-state index contributed by atoms with van der Waals surface area (Å²) in [5.74, 6) is 0. The molecule has 29 heavy (non-hydrogen) atoms. The van der Waals surface area contributed by atoms with Gasteiger partial charge in [0.2, 0.25) is 0 Å². The fraction of sp³-hybridized carbons (Fsp3) is 0.333. The van der Waals surface area contributed by atoms with Gasteiger partial charge in [0.05, 0.1) is 26.2 Å². The van der Waals surface area contributed by atoms with Gasteiger partial charge in [0.1, 0.15) is 12.1 Å². The van der Waals surface area contributed by atoms with Gasteiger partial charge in [-0.15, -0.1) is 0 Å². The van der Waals surface area contributed by atoms with Gasteiger partial charge >= 0.3 is 0 Å². The number of benzene rings is 3. The van der Waals surface area contributed by atoms with E-state index in [9.17, 15) is 0 Å². The van der Waals surface area contributed by atoms with Crippen LogP contribution in [0.25, 0.3) is 0 Å². The first-order valence-corrected chi connectivity index (χ1v) is 10.9. The Bertz CT molecular complexity index is 737. The third-order valence-electron chi connectivity index (χ3n) is 6.44. The molecule has 3 rings (SSSR count). The molecule has 0 saturated heterocycles. The molecule has 0 radical (unpaired) electrons. The number of rotatable bonds is 10. The SMILES string of the molecule is CC[N+](CC)(CC)CCOC(c1ccccc1)(c1ccccc1)c1ccccc1. The minimum atomic E-state index is -0.616. The van der Waals surface area contributed by atoms with Gasteiger partial charge < -0.3 is 9.22 Å². The lowest BCUT2D eigenvalue weighted by Gasteiger charge is -2.39. The molecule has 0 amide bonds. The zero-order valence-electron chi connectivity index (χ0n) is 18.1. The molecule has 0 aliphatic rings. The van der Waals surface area contributed by atoms with Gasteiger partial charge in [0.25, 0.3) is 0 Å². The van der Waals surface area contributed by atoms with Crippen LogP contribution in [-0.4, -0.2) is 37.3 Å². The Kier molecular flexibility index (Phi) is 7.24. The van der Waals surface area contributed by atoms with E-state index >= 15 is 0 Å². The van der Waals surface area contributed by atoms with E-state index in [0.29, 0.717) is 6.61 Å². The highest BCUT2D eigenvalue weighted by Gasteiger charge is 2.38. The molecule has 3 aromatic rings. The van der Waals surface area contributed by atoms with Gasteiger partial charge in [0.15, 0.2) is 0 Å². The van der Waals surface area contributed by atoms with Crippen molar-refractivity contribution in [3.05, 3.63) is 108 Å². The summed E-state index contributed by atoms with van der Waals surface area (Å²) in [7, 11) is 0. The molecule has 0 atom stereocenters. The van der Waals surface area contributed by atoms with Gasteiger partial charge in [-0.05, 0) is 37.5 Å². The summed E-state index contributed by atoms with van der Waals surface area (Å²) in [6.07, 6.45) is 0. The van der Waals surface area contributed by atoms with Crippen molar-refractivity contribution in [1.82, 2.24) is 0 Å². The molecule has 152 valence electrons. The van der Waals surface area contributed by atoms with E-state index in [2.05, 4.69) is 112 Å². The Balaban J connectivity index is 2.08. The molecule has 2 nitrogen and oxygen atoms in total. The number of likely N-dealkylation sites (N-methyl/N-ethyl adjacent to an activating group) is 1. The molecule has 0 N–H and O–H groups in total. The predicted molar refractivity (Wildman–Crippen MR) is 122 cm³/mol. The fourth-order valence-corrected chi connectivity index (χ4v) is 4.31. The maximum atomic E-state index is 6.93. The lowest BCUT2D eigenvalue weighted by atomic mass is 9.80. The third-order valence-corrected chi connectivity index (χ3v) is 6.44. The van der Waals surface area contributed by atoms with Gasteiger partial charge in [-0.2, -0.15) is 0 Å². The first-order valence-electron chi connectivity index (χ1n) is 10.9. The highest BCUT2D eigenvalue weighted by atomic mass is 16.5. The van der Waals surface area contributed by atoms with Crippen molar-refractivity contribution in [2.45, 2.75) is 26.4 Å². The number of hydrogen-bond donors (Lipinski definition) is 0. The van der Waals surface area contributed by atoms with Crippen LogP contribution in [-0.2, 0) is 10.3 Å². The Morgan fingerprint density at radius 3 is 1.24 bits per heavy atom. The van der Waals surface area contributed by atoms with E-state index in [1.807, 2.05) is 0 Å². The maximum absolute atomic E-state index is 6.93. The molecule has 0 aromatic heterocycles. The normalized spacial score (nSPS) is 12.1. The fourth-order valence-electron chi connectivity index (χ4n) is 4.31. The van der Waals surface area contributed by atoms with Crippen LogP contribution in [0.5, 0.6) is 0 Å². The second-order valence-electron chi connectivity index (χ2n) is 7.64. The summed E-state index contributed by atoms with van der Waals surface area (Å²) in [5, 5.41) is 0. The van der Waals surface area contributed by atoms with Crippen molar-refractivity contribution in [1.29, 1.82) is 0 Å². The van der Waals surface area contributed by atoms with E-state index in [0.717, 1.165) is 30.7 Å². The molecular weight excluding hydrogens is 354 g/mol. The molecular formula is C27H34NO+.